The van der Waals surface area contributed by atoms with Crippen LogP contribution in [0.25, 0.3) is 23.8 Å². The number of nitrogens with two attached hydrogens (primary N) is 2. The highest BCUT2D eigenvalue weighted by atomic mass is 16.5. The van der Waals surface area contributed by atoms with Crippen molar-refractivity contribution in [2.45, 2.75) is 6.04 Å². The first-order valence-corrected chi connectivity index (χ1v) is 10.9. The van der Waals surface area contributed by atoms with Gasteiger partial charge in [-0.15, -0.1) is 0 Å². The molecule has 0 aliphatic heterocycles. The van der Waals surface area contributed by atoms with Gasteiger partial charge in [-0.2, -0.15) is 0 Å². The number of rotatable bonds is 4. The summed E-state index contributed by atoms with van der Waals surface area (Å²) in [7, 11) is 3.34. The third-order valence-corrected chi connectivity index (χ3v) is 6.16. The topological polar surface area (TPSA) is 70.5 Å². The highest BCUT2D eigenvalue weighted by molar-refractivity contribution is 6.03. The molecule has 0 saturated carbocycles. The molecule has 0 fully saturated rings. The summed E-state index contributed by atoms with van der Waals surface area (Å²) in [5.74, 6) is 1.66. The molecule has 4 N–H and O–H groups in total. The molecule has 0 bridgehead atoms. The molecule has 5 rings (SSSR count). The molecule has 3 aromatic rings. The van der Waals surface area contributed by atoms with Crippen LogP contribution in [0.2, 0.25) is 0 Å². The molecule has 0 aromatic heterocycles. The van der Waals surface area contributed by atoms with E-state index in [1.54, 1.807) is 14.2 Å². The van der Waals surface area contributed by atoms with Crippen molar-refractivity contribution >= 4 is 29.5 Å². The first kappa shape index (κ1) is 20.9. The van der Waals surface area contributed by atoms with E-state index in [4.69, 9.17) is 20.9 Å². The van der Waals surface area contributed by atoms with E-state index in [-0.39, 0.29) is 6.04 Å². The Hall–Kier alpha value is -4.02. The van der Waals surface area contributed by atoms with Crippen LogP contribution in [-0.2, 0) is 0 Å². The van der Waals surface area contributed by atoms with Crippen molar-refractivity contribution in [3.05, 3.63) is 112 Å². The zero-order valence-electron chi connectivity index (χ0n) is 18.7. The monoisotopic (exact) mass is 434 g/mol. The van der Waals surface area contributed by atoms with E-state index in [1.807, 2.05) is 60.7 Å². The van der Waals surface area contributed by atoms with Crippen molar-refractivity contribution < 1.29 is 9.47 Å². The predicted octanol–water partition coefficient (Wildman–Crippen LogP) is 5.57. The summed E-state index contributed by atoms with van der Waals surface area (Å²) in [5.41, 5.74) is 22.6. The van der Waals surface area contributed by atoms with Gasteiger partial charge in [0.2, 0.25) is 0 Å². The fourth-order valence-electron chi connectivity index (χ4n) is 4.39. The standard InChI is InChI=1S/C29H26N2O2/c1-32-23-8-3-18(4-9-23)13-21-17-26-25-12-7-22(30)15-20(25)16-27(26)28(29(21)31)14-19-5-10-24(33-2)11-6-19/h3-17,29H,30-31H2,1-2H3. The molecule has 0 heterocycles. The van der Waals surface area contributed by atoms with Crippen molar-refractivity contribution in [2.24, 2.45) is 5.73 Å². The molecule has 4 nitrogen and oxygen atoms in total. The zero-order valence-corrected chi connectivity index (χ0v) is 18.7. The molecule has 33 heavy (non-hydrogen) atoms. The second-order valence-corrected chi connectivity index (χ2v) is 8.23. The maximum absolute atomic E-state index is 6.86. The number of hydrogen-bond donors (Lipinski definition) is 2. The summed E-state index contributed by atoms with van der Waals surface area (Å²) in [4.78, 5) is 0. The Morgan fingerprint density at radius 2 is 1.33 bits per heavy atom. The second-order valence-electron chi connectivity index (χ2n) is 8.23. The first-order chi connectivity index (χ1) is 16.1. The number of ether oxygens (including phenoxy) is 2. The normalized spacial score (nSPS) is 19.1. The van der Waals surface area contributed by atoms with Crippen molar-refractivity contribution in [1.82, 2.24) is 0 Å². The molecule has 3 aromatic carbocycles. The van der Waals surface area contributed by atoms with Crippen LogP contribution in [0, 0.1) is 0 Å². The minimum Gasteiger partial charge on any atom is -0.497 e. The summed E-state index contributed by atoms with van der Waals surface area (Å²) in [5, 5.41) is 0. The molecule has 2 aliphatic carbocycles. The van der Waals surface area contributed by atoms with Gasteiger partial charge < -0.3 is 20.9 Å². The molecular weight excluding hydrogens is 408 g/mol. The SMILES string of the molecule is COc1ccc(C=C2C=C3C(=Cc4cc(N)ccc43)C(=Cc3ccc(OC)cc3)C2N)cc1. The lowest BCUT2D eigenvalue weighted by molar-refractivity contribution is 0.414. The van der Waals surface area contributed by atoms with Crippen LogP contribution in [0.15, 0.2) is 89.5 Å². The number of allylic oxidation sites excluding steroid dienone is 1. The first-order valence-electron chi connectivity index (χ1n) is 10.9. The lowest BCUT2D eigenvalue weighted by Gasteiger charge is -2.26. The van der Waals surface area contributed by atoms with Crippen molar-refractivity contribution in [3.8, 4) is 11.5 Å². The lowest BCUT2D eigenvalue weighted by atomic mass is 9.81. The fraction of sp³-hybridized carbons (Fsp3) is 0.103. The molecule has 4 heteroatoms. The number of hydrogen-bond acceptors (Lipinski definition) is 4. The van der Waals surface area contributed by atoms with E-state index in [1.165, 1.54) is 11.1 Å². The molecule has 0 amide bonds. The van der Waals surface area contributed by atoms with Crippen LogP contribution in [0.4, 0.5) is 5.69 Å². The second kappa shape index (κ2) is 8.49. The Morgan fingerprint density at radius 3 is 1.94 bits per heavy atom. The van der Waals surface area contributed by atoms with E-state index in [0.29, 0.717) is 0 Å². The van der Waals surface area contributed by atoms with Gasteiger partial charge in [0, 0.05) is 5.69 Å². The van der Waals surface area contributed by atoms with Crippen LogP contribution in [-0.4, -0.2) is 20.3 Å². The molecular formula is C29H26N2O2. The minimum absolute atomic E-state index is 0.268. The van der Waals surface area contributed by atoms with Crippen molar-refractivity contribution in [2.75, 3.05) is 20.0 Å². The zero-order chi connectivity index (χ0) is 22.9. The maximum Gasteiger partial charge on any atom is 0.118 e. The van der Waals surface area contributed by atoms with Gasteiger partial charge in [0.1, 0.15) is 11.5 Å². The lowest BCUT2D eigenvalue weighted by Crippen LogP contribution is -2.28. The number of fused-ring (bicyclic) bond motifs is 3. The van der Waals surface area contributed by atoms with Crippen LogP contribution in [0.5, 0.6) is 11.5 Å². The average Bonchev–Trinajstić information content (AvgIpc) is 3.19. The molecule has 2 aliphatic rings. The summed E-state index contributed by atoms with van der Waals surface area (Å²) >= 11 is 0. The fourth-order valence-corrected chi connectivity index (χ4v) is 4.39. The van der Waals surface area contributed by atoms with Gasteiger partial charge in [-0.05, 0) is 105 Å². The van der Waals surface area contributed by atoms with E-state index >= 15 is 0 Å². The third-order valence-electron chi connectivity index (χ3n) is 6.16. The van der Waals surface area contributed by atoms with Crippen LogP contribution >= 0.6 is 0 Å². The van der Waals surface area contributed by atoms with Gasteiger partial charge in [0.25, 0.3) is 0 Å². The smallest absolute Gasteiger partial charge is 0.118 e. The Kier molecular flexibility index (Phi) is 5.37. The quantitative estimate of drug-likeness (QED) is 0.526. The summed E-state index contributed by atoms with van der Waals surface area (Å²) in [6, 6.07) is 21.8. The van der Waals surface area contributed by atoms with Gasteiger partial charge in [-0.3, -0.25) is 0 Å². The Morgan fingerprint density at radius 1 is 0.727 bits per heavy atom. The van der Waals surface area contributed by atoms with Gasteiger partial charge >= 0.3 is 0 Å². The number of anilines is 1. The van der Waals surface area contributed by atoms with Crippen LogP contribution in [0.3, 0.4) is 0 Å². The van der Waals surface area contributed by atoms with Crippen molar-refractivity contribution in [3.63, 3.8) is 0 Å². The summed E-state index contributed by atoms with van der Waals surface area (Å²) in [6.07, 6.45) is 8.70. The van der Waals surface area contributed by atoms with E-state index < -0.39 is 0 Å². The maximum atomic E-state index is 6.86. The molecule has 164 valence electrons. The molecule has 0 radical (unpaired) electrons. The summed E-state index contributed by atoms with van der Waals surface area (Å²) in [6.45, 7) is 0. The van der Waals surface area contributed by atoms with Crippen molar-refractivity contribution in [1.29, 1.82) is 0 Å². The predicted molar refractivity (Wildman–Crippen MR) is 137 cm³/mol. The van der Waals surface area contributed by atoms with Crippen LogP contribution < -0.4 is 20.9 Å². The van der Waals surface area contributed by atoms with E-state index in [0.717, 1.165) is 50.6 Å². The molecule has 0 spiro atoms. The molecule has 1 atom stereocenters. The summed E-state index contributed by atoms with van der Waals surface area (Å²) < 4.78 is 10.6. The number of benzene rings is 3. The Labute approximate surface area is 194 Å². The van der Waals surface area contributed by atoms with E-state index in [9.17, 15) is 0 Å². The van der Waals surface area contributed by atoms with Crippen LogP contribution in [0.1, 0.15) is 22.3 Å². The third kappa shape index (κ3) is 3.97. The van der Waals surface area contributed by atoms with Gasteiger partial charge in [-0.1, -0.05) is 30.3 Å². The number of nitrogen functional groups attached to an aromatic ring is 1. The van der Waals surface area contributed by atoms with Gasteiger partial charge in [0.05, 0.1) is 20.3 Å². The highest BCUT2D eigenvalue weighted by Gasteiger charge is 2.30. The average molecular weight is 435 g/mol. The van der Waals surface area contributed by atoms with E-state index in [2.05, 4.69) is 30.4 Å². The minimum atomic E-state index is -0.268. The van der Waals surface area contributed by atoms with Gasteiger partial charge in [0.15, 0.2) is 0 Å². The molecule has 1 unspecified atom stereocenters. The molecule has 0 saturated heterocycles. The Balaban J connectivity index is 1.64. The number of methoxy groups -OCH3 is 2. The highest BCUT2D eigenvalue weighted by Crippen LogP contribution is 2.46. The Bertz CT molecular complexity index is 1330. The largest absolute Gasteiger partial charge is 0.497 e. The van der Waals surface area contributed by atoms with Gasteiger partial charge in [-0.25, -0.2) is 0 Å².